The van der Waals surface area contributed by atoms with Gasteiger partial charge in [0, 0.05) is 23.6 Å². The quantitative estimate of drug-likeness (QED) is 0.756. The maximum absolute atomic E-state index is 11.5. The van der Waals surface area contributed by atoms with Crippen LogP contribution >= 0.6 is 0 Å². The molecule has 0 bridgehead atoms. The largest absolute Gasteiger partial charge is 0.329 e. The molecule has 0 saturated carbocycles. The SMILES string of the molecule is CCC(=O)c1ccc2cc[nH]c(=O)c2c1. The summed E-state index contributed by atoms with van der Waals surface area (Å²) < 4.78 is 0. The van der Waals surface area contributed by atoms with Gasteiger partial charge in [0.25, 0.3) is 5.56 Å². The van der Waals surface area contributed by atoms with Crippen molar-refractivity contribution >= 4 is 16.6 Å². The molecular formula is C12H11NO2. The lowest BCUT2D eigenvalue weighted by Gasteiger charge is -2.00. The summed E-state index contributed by atoms with van der Waals surface area (Å²) >= 11 is 0. The number of pyridine rings is 1. The van der Waals surface area contributed by atoms with Gasteiger partial charge in [-0.05, 0) is 17.5 Å². The van der Waals surface area contributed by atoms with E-state index >= 15 is 0 Å². The third kappa shape index (κ3) is 1.68. The van der Waals surface area contributed by atoms with Crippen LogP contribution in [0.4, 0.5) is 0 Å². The molecule has 1 heterocycles. The number of carbonyl (C=O) groups excluding carboxylic acids is 1. The zero-order valence-corrected chi connectivity index (χ0v) is 8.41. The number of H-pyrrole nitrogens is 1. The first-order valence-electron chi connectivity index (χ1n) is 4.87. The zero-order valence-electron chi connectivity index (χ0n) is 8.41. The summed E-state index contributed by atoms with van der Waals surface area (Å²) in [5, 5.41) is 1.42. The Kier molecular flexibility index (Phi) is 2.37. The van der Waals surface area contributed by atoms with Crippen molar-refractivity contribution in [3.8, 4) is 0 Å². The number of aromatic amines is 1. The van der Waals surface area contributed by atoms with E-state index in [9.17, 15) is 9.59 Å². The highest BCUT2D eigenvalue weighted by atomic mass is 16.1. The van der Waals surface area contributed by atoms with E-state index in [0.29, 0.717) is 17.4 Å². The van der Waals surface area contributed by atoms with E-state index in [-0.39, 0.29) is 11.3 Å². The monoisotopic (exact) mass is 201 g/mol. The third-order valence-electron chi connectivity index (χ3n) is 2.42. The Hall–Kier alpha value is -1.90. The zero-order chi connectivity index (χ0) is 10.8. The topological polar surface area (TPSA) is 49.9 Å². The van der Waals surface area contributed by atoms with Crippen molar-refractivity contribution in [3.05, 3.63) is 46.4 Å². The van der Waals surface area contributed by atoms with Crippen molar-refractivity contribution in [1.29, 1.82) is 0 Å². The molecule has 2 rings (SSSR count). The fraction of sp³-hybridized carbons (Fsp3) is 0.167. The summed E-state index contributed by atoms with van der Waals surface area (Å²) in [6.45, 7) is 1.81. The third-order valence-corrected chi connectivity index (χ3v) is 2.42. The lowest BCUT2D eigenvalue weighted by atomic mass is 10.0. The minimum absolute atomic E-state index is 0.0557. The van der Waals surface area contributed by atoms with Crippen molar-refractivity contribution in [2.75, 3.05) is 0 Å². The number of hydrogen-bond acceptors (Lipinski definition) is 2. The first-order chi connectivity index (χ1) is 7.22. The number of Topliss-reactive ketones (excluding diaryl/α,β-unsaturated/α-hetero) is 1. The Balaban J connectivity index is 2.70. The molecule has 0 aliphatic rings. The van der Waals surface area contributed by atoms with Crippen LogP contribution in [-0.2, 0) is 0 Å². The Morgan fingerprint density at radius 3 is 2.87 bits per heavy atom. The number of fused-ring (bicyclic) bond motifs is 1. The number of aromatic nitrogens is 1. The van der Waals surface area contributed by atoms with Crippen LogP contribution in [0.3, 0.4) is 0 Å². The minimum atomic E-state index is -0.154. The van der Waals surface area contributed by atoms with E-state index in [4.69, 9.17) is 0 Å². The molecule has 0 unspecified atom stereocenters. The highest BCUT2D eigenvalue weighted by Crippen LogP contribution is 2.12. The maximum atomic E-state index is 11.5. The fourth-order valence-electron chi connectivity index (χ4n) is 1.56. The van der Waals surface area contributed by atoms with Gasteiger partial charge in [-0.2, -0.15) is 0 Å². The molecule has 0 amide bonds. The van der Waals surface area contributed by atoms with Gasteiger partial charge in [0.15, 0.2) is 5.78 Å². The number of benzene rings is 1. The highest BCUT2D eigenvalue weighted by molar-refractivity contribution is 5.99. The smallest absolute Gasteiger partial charge is 0.255 e. The number of rotatable bonds is 2. The van der Waals surface area contributed by atoms with Gasteiger partial charge in [-0.15, -0.1) is 0 Å². The summed E-state index contributed by atoms with van der Waals surface area (Å²) in [5.41, 5.74) is 0.444. The first-order valence-corrected chi connectivity index (χ1v) is 4.87. The predicted molar refractivity (Wildman–Crippen MR) is 59.2 cm³/mol. The average Bonchev–Trinajstić information content (AvgIpc) is 2.28. The number of carbonyl (C=O) groups is 1. The van der Waals surface area contributed by atoms with Crippen molar-refractivity contribution in [2.24, 2.45) is 0 Å². The van der Waals surface area contributed by atoms with Crippen LogP contribution in [0.2, 0.25) is 0 Å². The second kappa shape index (κ2) is 3.69. The molecule has 3 nitrogen and oxygen atoms in total. The highest BCUT2D eigenvalue weighted by Gasteiger charge is 2.05. The molecule has 1 aromatic heterocycles. The Morgan fingerprint density at radius 2 is 2.13 bits per heavy atom. The van der Waals surface area contributed by atoms with Crippen molar-refractivity contribution < 1.29 is 4.79 Å². The fourth-order valence-corrected chi connectivity index (χ4v) is 1.56. The van der Waals surface area contributed by atoms with Gasteiger partial charge in [-0.1, -0.05) is 19.1 Å². The van der Waals surface area contributed by atoms with E-state index in [1.165, 1.54) is 0 Å². The Labute approximate surface area is 86.8 Å². The van der Waals surface area contributed by atoms with Crippen LogP contribution in [0, 0.1) is 0 Å². The first kappa shape index (κ1) is 9.65. The van der Waals surface area contributed by atoms with Gasteiger partial charge >= 0.3 is 0 Å². The van der Waals surface area contributed by atoms with E-state index in [0.717, 1.165) is 5.39 Å². The molecule has 76 valence electrons. The summed E-state index contributed by atoms with van der Waals surface area (Å²) in [6, 6.07) is 7.03. The molecule has 0 aliphatic carbocycles. The minimum Gasteiger partial charge on any atom is -0.329 e. The average molecular weight is 201 g/mol. The van der Waals surface area contributed by atoms with Gasteiger partial charge in [0.05, 0.1) is 0 Å². The standard InChI is InChI=1S/C12H11NO2/c1-2-11(14)9-4-3-8-5-6-13-12(15)10(8)7-9/h3-7H,2H2,1H3,(H,13,15). The second-order valence-corrected chi connectivity index (χ2v) is 3.39. The van der Waals surface area contributed by atoms with E-state index < -0.39 is 0 Å². The van der Waals surface area contributed by atoms with Crippen LogP contribution < -0.4 is 5.56 Å². The molecule has 0 saturated heterocycles. The second-order valence-electron chi connectivity index (χ2n) is 3.39. The summed E-state index contributed by atoms with van der Waals surface area (Å²) in [4.78, 5) is 25.5. The van der Waals surface area contributed by atoms with Crippen molar-refractivity contribution in [1.82, 2.24) is 4.98 Å². The van der Waals surface area contributed by atoms with Crippen LogP contribution in [0.15, 0.2) is 35.3 Å². The predicted octanol–water partition coefficient (Wildman–Crippen LogP) is 2.12. The normalized spacial score (nSPS) is 10.5. The van der Waals surface area contributed by atoms with E-state index in [1.54, 1.807) is 24.4 Å². The van der Waals surface area contributed by atoms with Crippen LogP contribution in [0.25, 0.3) is 10.8 Å². The van der Waals surface area contributed by atoms with Gasteiger partial charge in [-0.3, -0.25) is 9.59 Å². The maximum Gasteiger partial charge on any atom is 0.255 e. The molecule has 0 aliphatic heterocycles. The van der Waals surface area contributed by atoms with E-state index in [2.05, 4.69) is 4.98 Å². The molecule has 0 spiro atoms. The lowest BCUT2D eigenvalue weighted by Crippen LogP contribution is -2.06. The van der Waals surface area contributed by atoms with E-state index in [1.807, 2.05) is 13.0 Å². The van der Waals surface area contributed by atoms with Crippen LogP contribution in [0.5, 0.6) is 0 Å². The molecule has 15 heavy (non-hydrogen) atoms. The molecule has 0 atom stereocenters. The van der Waals surface area contributed by atoms with Gasteiger partial charge in [0.2, 0.25) is 0 Å². The van der Waals surface area contributed by atoms with Crippen LogP contribution in [-0.4, -0.2) is 10.8 Å². The number of ketones is 1. The molecule has 0 fully saturated rings. The van der Waals surface area contributed by atoms with Crippen molar-refractivity contribution in [3.63, 3.8) is 0 Å². The van der Waals surface area contributed by atoms with Gasteiger partial charge in [0.1, 0.15) is 0 Å². The Morgan fingerprint density at radius 1 is 1.33 bits per heavy atom. The molecular weight excluding hydrogens is 190 g/mol. The Bertz CT molecular complexity index is 569. The lowest BCUT2D eigenvalue weighted by molar-refractivity contribution is 0.0988. The summed E-state index contributed by atoms with van der Waals surface area (Å²) in [7, 11) is 0. The summed E-state index contributed by atoms with van der Waals surface area (Å²) in [6.07, 6.45) is 2.06. The van der Waals surface area contributed by atoms with Crippen molar-refractivity contribution in [2.45, 2.75) is 13.3 Å². The molecule has 0 radical (unpaired) electrons. The summed E-state index contributed by atoms with van der Waals surface area (Å²) in [5.74, 6) is 0.0557. The molecule has 1 N–H and O–H groups in total. The van der Waals surface area contributed by atoms with Crippen LogP contribution in [0.1, 0.15) is 23.7 Å². The molecule has 3 heteroatoms. The van der Waals surface area contributed by atoms with Gasteiger partial charge in [-0.25, -0.2) is 0 Å². The number of hydrogen-bond donors (Lipinski definition) is 1. The number of nitrogens with one attached hydrogen (secondary N) is 1. The van der Waals surface area contributed by atoms with Gasteiger partial charge < -0.3 is 4.98 Å². The molecule has 2 aromatic rings. The molecule has 1 aromatic carbocycles.